The lowest BCUT2D eigenvalue weighted by Gasteiger charge is -2.42. The van der Waals surface area contributed by atoms with Gasteiger partial charge in [0.15, 0.2) is 0 Å². The number of hydrogen-bond donors (Lipinski definition) is 2. The van der Waals surface area contributed by atoms with Gasteiger partial charge >= 0.3 is 0 Å². The SMILES string of the molecule is COc1ncccc1C1(N)CC(O)C1. The van der Waals surface area contributed by atoms with Gasteiger partial charge in [-0.1, -0.05) is 6.07 Å². The van der Waals surface area contributed by atoms with Crippen molar-refractivity contribution < 1.29 is 9.84 Å². The summed E-state index contributed by atoms with van der Waals surface area (Å²) in [5.41, 5.74) is 6.53. The molecule has 0 bridgehead atoms. The summed E-state index contributed by atoms with van der Waals surface area (Å²) in [4.78, 5) is 4.09. The minimum atomic E-state index is -0.459. The van der Waals surface area contributed by atoms with Crippen LogP contribution in [0.1, 0.15) is 18.4 Å². The van der Waals surface area contributed by atoms with Gasteiger partial charge in [-0.15, -0.1) is 0 Å². The van der Waals surface area contributed by atoms with Crippen molar-refractivity contribution >= 4 is 0 Å². The minimum absolute atomic E-state index is 0.287. The van der Waals surface area contributed by atoms with E-state index in [1.165, 1.54) is 0 Å². The van der Waals surface area contributed by atoms with Crippen molar-refractivity contribution in [2.75, 3.05) is 7.11 Å². The highest BCUT2D eigenvalue weighted by Gasteiger charge is 2.43. The van der Waals surface area contributed by atoms with Crippen LogP contribution in [-0.2, 0) is 5.54 Å². The van der Waals surface area contributed by atoms with E-state index in [0.29, 0.717) is 18.7 Å². The molecule has 1 aliphatic carbocycles. The number of aromatic nitrogens is 1. The Labute approximate surface area is 82.7 Å². The molecule has 0 unspecified atom stereocenters. The second-order valence-corrected chi connectivity index (χ2v) is 3.78. The first-order valence-electron chi connectivity index (χ1n) is 4.62. The molecule has 0 amide bonds. The van der Waals surface area contributed by atoms with Crippen LogP contribution >= 0.6 is 0 Å². The fourth-order valence-electron chi connectivity index (χ4n) is 1.93. The number of aliphatic hydroxyl groups is 1. The molecule has 0 aromatic carbocycles. The highest BCUT2D eigenvalue weighted by atomic mass is 16.5. The Morgan fingerprint density at radius 2 is 2.36 bits per heavy atom. The van der Waals surface area contributed by atoms with Gasteiger partial charge < -0.3 is 15.6 Å². The molecule has 1 aromatic rings. The highest BCUT2D eigenvalue weighted by molar-refractivity contribution is 5.35. The van der Waals surface area contributed by atoms with Crippen molar-refractivity contribution in [1.82, 2.24) is 4.98 Å². The number of nitrogens with zero attached hydrogens (tertiary/aromatic N) is 1. The Kier molecular flexibility index (Phi) is 2.17. The van der Waals surface area contributed by atoms with Gasteiger partial charge in [0.2, 0.25) is 5.88 Å². The van der Waals surface area contributed by atoms with Gasteiger partial charge in [-0.2, -0.15) is 0 Å². The monoisotopic (exact) mass is 194 g/mol. The molecule has 0 radical (unpaired) electrons. The Morgan fingerprint density at radius 3 is 2.93 bits per heavy atom. The molecule has 0 atom stereocenters. The number of pyridine rings is 1. The van der Waals surface area contributed by atoms with Crippen LogP contribution < -0.4 is 10.5 Å². The zero-order valence-corrected chi connectivity index (χ0v) is 8.10. The molecule has 1 heterocycles. The van der Waals surface area contributed by atoms with E-state index in [-0.39, 0.29) is 6.10 Å². The van der Waals surface area contributed by atoms with Crippen LogP contribution in [0.15, 0.2) is 18.3 Å². The molecule has 2 rings (SSSR count). The molecule has 0 spiro atoms. The van der Waals surface area contributed by atoms with E-state index in [1.807, 2.05) is 12.1 Å². The molecular weight excluding hydrogens is 180 g/mol. The van der Waals surface area contributed by atoms with Crippen LogP contribution in [0.2, 0.25) is 0 Å². The number of nitrogens with two attached hydrogens (primary N) is 1. The summed E-state index contributed by atoms with van der Waals surface area (Å²) < 4.78 is 5.13. The van der Waals surface area contributed by atoms with Crippen LogP contribution in [0, 0.1) is 0 Å². The van der Waals surface area contributed by atoms with E-state index in [0.717, 1.165) is 5.56 Å². The van der Waals surface area contributed by atoms with Crippen LogP contribution in [-0.4, -0.2) is 23.3 Å². The van der Waals surface area contributed by atoms with Crippen molar-refractivity contribution in [2.45, 2.75) is 24.5 Å². The Balaban J connectivity index is 2.32. The van der Waals surface area contributed by atoms with Crippen molar-refractivity contribution in [1.29, 1.82) is 0 Å². The van der Waals surface area contributed by atoms with Crippen molar-refractivity contribution in [3.05, 3.63) is 23.9 Å². The molecule has 0 aliphatic heterocycles. The minimum Gasteiger partial charge on any atom is -0.481 e. The predicted molar refractivity (Wildman–Crippen MR) is 51.9 cm³/mol. The average Bonchev–Trinajstić information content (AvgIpc) is 2.15. The number of aliphatic hydroxyl groups excluding tert-OH is 1. The third-order valence-electron chi connectivity index (χ3n) is 2.70. The van der Waals surface area contributed by atoms with Gasteiger partial charge in [0, 0.05) is 11.8 Å². The van der Waals surface area contributed by atoms with E-state index in [9.17, 15) is 5.11 Å². The maximum Gasteiger partial charge on any atom is 0.218 e. The van der Waals surface area contributed by atoms with Crippen LogP contribution in [0.3, 0.4) is 0 Å². The van der Waals surface area contributed by atoms with E-state index < -0.39 is 5.54 Å². The van der Waals surface area contributed by atoms with Gasteiger partial charge in [-0.3, -0.25) is 0 Å². The molecule has 1 saturated carbocycles. The second-order valence-electron chi connectivity index (χ2n) is 3.78. The van der Waals surface area contributed by atoms with Gasteiger partial charge in [0.05, 0.1) is 18.8 Å². The third-order valence-corrected chi connectivity index (χ3v) is 2.70. The first kappa shape index (κ1) is 9.43. The fourth-order valence-corrected chi connectivity index (χ4v) is 1.93. The summed E-state index contributed by atoms with van der Waals surface area (Å²) in [7, 11) is 1.57. The number of ether oxygens (including phenoxy) is 1. The number of rotatable bonds is 2. The van der Waals surface area contributed by atoms with E-state index in [2.05, 4.69) is 4.98 Å². The topological polar surface area (TPSA) is 68.4 Å². The highest BCUT2D eigenvalue weighted by Crippen LogP contribution is 2.41. The summed E-state index contributed by atoms with van der Waals surface area (Å²) in [5, 5.41) is 9.27. The standard InChI is InChI=1S/C10H14N2O2/c1-14-9-8(3-2-4-12-9)10(11)5-7(13)6-10/h2-4,7,13H,5-6,11H2,1H3. The van der Waals surface area contributed by atoms with Crippen molar-refractivity contribution in [2.24, 2.45) is 5.73 Å². The van der Waals surface area contributed by atoms with Crippen LogP contribution in [0.5, 0.6) is 5.88 Å². The summed E-state index contributed by atoms with van der Waals surface area (Å²) in [6, 6.07) is 3.73. The summed E-state index contributed by atoms with van der Waals surface area (Å²) in [5.74, 6) is 0.557. The molecular formula is C10H14N2O2. The van der Waals surface area contributed by atoms with Gasteiger partial charge in [-0.25, -0.2) is 4.98 Å². The van der Waals surface area contributed by atoms with Crippen molar-refractivity contribution in [3.63, 3.8) is 0 Å². The molecule has 4 heteroatoms. The molecule has 1 aliphatic rings. The Morgan fingerprint density at radius 1 is 1.64 bits per heavy atom. The zero-order chi connectivity index (χ0) is 10.2. The van der Waals surface area contributed by atoms with Crippen LogP contribution in [0.25, 0.3) is 0 Å². The van der Waals surface area contributed by atoms with E-state index in [1.54, 1.807) is 13.3 Å². The predicted octanol–water partition coefficient (Wildman–Crippen LogP) is 0.399. The number of methoxy groups -OCH3 is 1. The Bertz CT molecular complexity index is 335. The van der Waals surface area contributed by atoms with Crippen molar-refractivity contribution in [3.8, 4) is 5.88 Å². The third kappa shape index (κ3) is 1.36. The molecule has 76 valence electrons. The summed E-state index contributed by atoms with van der Waals surface area (Å²) in [6.07, 6.45) is 2.54. The summed E-state index contributed by atoms with van der Waals surface area (Å²) in [6.45, 7) is 0. The van der Waals surface area contributed by atoms with Crippen LogP contribution in [0.4, 0.5) is 0 Å². The number of hydrogen-bond acceptors (Lipinski definition) is 4. The van der Waals surface area contributed by atoms with Gasteiger partial charge in [0.1, 0.15) is 0 Å². The fraction of sp³-hybridized carbons (Fsp3) is 0.500. The normalized spacial score (nSPS) is 30.9. The maximum absolute atomic E-state index is 9.27. The lowest BCUT2D eigenvalue weighted by molar-refractivity contribution is 0.0196. The summed E-state index contributed by atoms with van der Waals surface area (Å²) >= 11 is 0. The van der Waals surface area contributed by atoms with Gasteiger partial charge in [-0.05, 0) is 18.9 Å². The largest absolute Gasteiger partial charge is 0.481 e. The first-order valence-corrected chi connectivity index (χ1v) is 4.62. The first-order chi connectivity index (χ1) is 6.65. The Hall–Kier alpha value is -1.13. The maximum atomic E-state index is 9.27. The molecule has 0 saturated heterocycles. The lowest BCUT2D eigenvalue weighted by Crippen LogP contribution is -2.51. The molecule has 14 heavy (non-hydrogen) atoms. The average molecular weight is 194 g/mol. The smallest absolute Gasteiger partial charge is 0.218 e. The zero-order valence-electron chi connectivity index (χ0n) is 8.10. The lowest BCUT2D eigenvalue weighted by atomic mass is 9.71. The molecule has 3 N–H and O–H groups in total. The second kappa shape index (κ2) is 3.22. The molecule has 4 nitrogen and oxygen atoms in total. The van der Waals surface area contributed by atoms with E-state index in [4.69, 9.17) is 10.5 Å². The van der Waals surface area contributed by atoms with E-state index >= 15 is 0 Å². The quantitative estimate of drug-likeness (QED) is 0.715. The molecule has 1 fully saturated rings. The molecule has 1 aromatic heterocycles. The van der Waals surface area contributed by atoms with Gasteiger partial charge in [0.25, 0.3) is 0 Å².